The van der Waals surface area contributed by atoms with Gasteiger partial charge in [0.1, 0.15) is 5.15 Å². The molecule has 0 spiro atoms. The maximum Gasteiger partial charge on any atom is 0.137 e. The number of rotatable bonds is 2. The van der Waals surface area contributed by atoms with Crippen LogP contribution in [0.4, 0.5) is 0 Å². The Kier molecular flexibility index (Phi) is 3.51. The van der Waals surface area contributed by atoms with Gasteiger partial charge in [-0.15, -0.1) is 0 Å². The molecular formula is C12H9BrClN3. The third-order valence-electron chi connectivity index (χ3n) is 2.46. The van der Waals surface area contributed by atoms with Crippen LogP contribution in [-0.4, -0.2) is 9.78 Å². The summed E-state index contributed by atoms with van der Waals surface area (Å²) in [6, 6.07) is 9.77. The van der Waals surface area contributed by atoms with Gasteiger partial charge >= 0.3 is 0 Å². The fourth-order valence-corrected chi connectivity index (χ4v) is 2.38. The molecule has 1 aromatic heterocycles. The summed E-state index contributed by atoms with van der Waals surface area (Å²) < 4.78 is 2.56. The van der Waals surface area contributed by atoms with Gasteiger partial charge in [0.25, 0.3) is 0 Å². The average Bonchev–Trinajstić information content (AvgIpc) is 2.58. The van der Waals surface area contributed by atoms with Gasteiger partial charge < -0.3 is 0 Å². The van der Waals surface area contributed by atoms with Gasteiger partial charge in [-0.2, -0.15) is 10.4 Å². The highest BCUT2D eigenvalue weighted by molar-refractivity contribution is 9.10. The highest BCUT2D eigenvalue weighted by atomic mass is 79.9. The zero-order valence-electron chi connectivity index (χ0n) is 9.11. The predicted molar refractivity (Wildman–Crippen MR) is 70.3 cm³/mol. The number of benzene rings is 1. The number of hydrogen-bond acceptors (Lipinski definition) is 2. The van der Waals surface area contributed by atoms with E-state index in [2.05, 4.69) is 27.1 Å². The Morgan fingerprint density at radius 1 is 1.47 bits per heavy atom. The lowest BCUT2D eigenvalue weighted by Gasteiger charge is -2.05. The molecule has 0 fully saturated rings. The van der Waals surface area contributed by atoms with Crippen molar-refractivity contribution in [2.24, 2.45) is 0 Å². The first-order chi connectivity index (χ1) is 8.15. The molecule has 0 radical (unpaired) electrons. The molecular weight excluding hydrogens is 302 g/mol. The van der Waals surface area contributed by atoms with Crippen LogP contribution < -0.4 is 0 Å². The number of nitriles is 1. The Hall–Kier alpha value is -1.31. The van der Waals surface area contributed by atoms with E-state index in [4.69, 9.17) is 16.9 Å². The van der Waals surface area contributed by atoms with Crippen LogP contribution in [0.15, 0.2) is 28.7 Å². The van der Waals surface area contributed by atoms with Gasteiger partial charge in [0.2, 0.25) is 0 Å². The van der Waals surface area contributed by atoms with Crippen molar-refractivity contribution in [1.82, 2.24) is 9.78 Å². The number of para-hydroxylation sites is 1. The van der Waals surface area contributed by atoms with Gasteiger partial charge in [-0.25, -0.2) is 4.68 Å². The highest BCUT2D eigenvalue weighted by Crippen LogP contribution is 2.27. The minimum Gasteiger partial charge on any atom is -0.220 e. The van der Waals surface area contributed by atoms with Gasteiger partial charge in [0.05, 0.1) is 23.9 Å². The Morgan fingerprint density at radius 2 is 2.18 bits per heavy atom. The monoisotopic (exact) mass is 309 g/mol. The largest absolute Gasteiger partial charge is 0.220 e. The predicted octanol–water partition coefficient (Wildman–Crippen LogP) is 3.66. The molecule has 5 heteroatoms. The van der Waals surface area contributed by atoms with E-state index >= 15 is 0 Å². The molecule has 3 nitrogen and oxygen atoms in total. The van der Waals surface area contributed by atoms with Crippen LogP contribution in [0.25, 0.3) is 5.69 Å². The van der Waals surface area contributed by atoms with Crippen LogP contribution in [0.5, 0.6) is 0 Å². The maximum atomic E-state index is 8.75. The second kappa shape index (κ2) is 4.91. The fourth-order valence-electron chi connectivity index (χ4n) is 1.59. The molecule has 0 unspecified atom stereocenters. The summed E-state index contributed by atoms with van der Waals surface area (Å²) >= 11 is 9.70. The molecule has 2 rings (SSSR count). The van der Waals surface area contributed by atoms with Crippen molar-refractivity contribution in [1.29, 1.82) is 5.26 Å². The van der Waals surface area contributed by atoms with Crippen LogP contribution in [0.2, 0.25) is 5.15 Å². The van der Waals surface area contributed by atoms with Crippen molar-refractivity contribution in [2.75, 3.05) is 0 Å². The lowest BCUT2D eigenvalue weighted by atomic mass is 10.2. The van der Waals surface area contributed by atoms with E-state index in [9.17, 15) is 0 Å². The lowest BCUT2D eigenvalue weighted by molar-refractivity contribution is 0.859. The van der Waals surface area contributed by atoms with Crippen molar-refractivity contribution < 1.29 is 0 Å². The standard InChI is InChI=1S/C12H9BrClN3/c1-8-9(6-7-15)12(14)17(16-8)11-5-3-2-4-10(11)13/h2-5H,6H2,1H3. The van der Waals surface area contributed by atoms with Gasteiger partial charge in [-0.05, 0) is 35.0 Å². The molecule has 17 heavy (non-hydrogen) atoms. The molecule has 1 heterocycles. The normalized spacial score (nSPS) is 10.2. The van der Waals surface area contributed by atoms with Crippen LogP contribution in [-0.2, 0) is 6.42 Å². The SMILES string of the molecule is Cc1nn(-c2ccccc2Br)c(Cl)c1CC#N. The molecule has 0 N–H and O–H groups in total. The molecule has 0 aliphatic carbocycles. The molecule has 2 aromatic rings. The molecule has 0 atom stereocenters. The third-order valence-corrected chi connectivity index (χ3v) is 3.52. The molecule has 0 aliphatic heterocycles. The topological polar surface area (TPSA) is 41.6 Å². The molecule has 0 aliphatic rings. The van der Waals surface area contributed by atoms with Crippen molar-refractivity contribution >= 4 is 27.5 Å². The first kappa shape index (κ1) is 12.2. The zero-order valence-corrected chi connectivity index (χ0v) is 11.5. The minimum absolute atomic E-state index is 0.273. The Labute approximate surface area is 113 Å². The zero-order chi connectivity index (χ0) is 12.4. The summed E-state index contributed by atoms with van der Waals surface area (Å²) in [4.78, 5) is 0. The van der Waals surface area contributed by atoms with Crippen molar-refractivity contribution in [3.8, 4) is 11.8 Å². The Morgan fingerprint density at radius 3 is 2.82 bits per heavy atom. The van der Waals surface area contributed by atoms with E-state index in [1.54, 1.807) is 4.68 Å². The fraction of sp³-hybridized carbons (Fsp3) is 0.167. The molecule has 0 saturated heterocycles. The number of aromatic nitrogens is 2. The summed E-state index contributed by atoms with van der Waals surface area (Å²) in [6.45, 7) is 1.85. The quantitative estimate of drug-likeness (QED) is 0.849. The lowest BCUT2D eigenvalue weighted by Crippen LogP contribution is -1.97. The van der Waals surface area contributed by atoms with Crippen LogP contribution in [0, 0.1) is 18.3 Å². The Balaban J connectivity index is 2.59. The number of aryl methyl sites for hydroxylation is 1. The third kappa shape index (κ3) is 2.21. The Bertz CT molecular complexity index is 598. The smallest absolute Gasteiger partial charge is 0.137 e. The molecule has 1 aromatic carbocycles. The first-order valence-electron chi connectivity index (χ1n) is 5.01. The summed E-state index contributed by atoms with van der Waals surface area (Å²) in [5, 5.41) is 13.6. The van der Waals surface area contributed by atoms with Crippen LogP contribution in [0.1, 0.15) is 11.3 Å². The summed E-state index contributed by atoms with van der Waals surface area (Å²) in [6.07, 6.45) is 0.273. The van der Waals surface area contributed by atoms with E-state index < -0.39 is 0 Å². The van der Waals surface area contributed by atoms with E-state index in [1.165, 1.54) is 0 Å². The number of nitrogens with zero attached hydrogens (tertiary/aromatic N) is 3. The van der Waals surface area contributed by atoms with E-state index in [0.29, 0.717) is 5.15 Å². The summed E-state index contributed by atoms with van der Waals surface area (Å²) in [5.74, 6) is 0. The average molecular weight is 311 g/mol. The van der Waals surface area contributed by atoms with Gasteiger partial charge in [0.15, 0.2) is 0 Å². The summed E-state index contributed by atoms with van der Waals surface area (Å²) in [5.41, 5.74) is 2.43. The molecule has 86 valence electrons. The molecule has 0 bridgehead atoms. The van der Waals surface area contributed by atoms with Crippen molar-refractivity contribution in [3.63, 3.8) is 0 Å². The highest BCUT2D eigenvalue weighted by Gasteiger charge is 2.15. The minimum atomic E-state index is 0.273. The number of hydrogen-bond donors (Lipinski definition) is 0. The first-order valence-corrected chi connectivity index (χ1v) is 6.18. The van der Waals surface area contributed by atoms with E-state index in [1.807, 2.05) is 31.2 Å². The van der Waals surface area contributed by atoms with Gasteiger partial charge in [-0.1, -0.05) is 23.7 Å². The second-order valence-electron chi connectivity index (χ2n) is 3.55. The van der Waals surface area contributed by atoms with E-state index in [-0.39, 0.29) is 6.42 Å². The molecule has 0 saturated carbocycles. The summed E-state index contributed by atoms with van der Waals surface area (Å²) in [7, 11) is 0. The maximum absolute atomic E-state index is 8.75. The van der Waals surface area contributed by atoms with Crippen molar-refractivity contribution in [3.05, 3.63) is 45.1 Å². The second-order valence-corrected chi connectivity index (χ2v) is 4.77. The van der Waals surface area contributed by atoms with E-state index in [0.717, 1.165) is 21.4 Å². The molecule has 0 amide bonds. The van der Waals surface area contributed by atoms with Crippen LogP contribution in [0.3, 0.4) is 0 Å². The van der Waals surface area contributed by atoms with Crippen molar-refractivity contribution in [2.45, 2.75) is 13.3 Å². The van der Waals surface area contributed by atoms with Crippen LogP contribution >= 0.6 is 27.5 Å². The number of halogens is 2. The van der Waals surface area contributed by atoms with Gasteiger partial charge in [0, 0.05) is 10.0 Å². The van der Waals surface area contributed by atoms with Gasteiger partial charge in [-0.3, -0.25) is 0 Å².